The van der Waals surface area contributed by atoms with Crippen LogP contribution in [0.4, 0.5) is 5.69 Å². The molecule has 4 heteroatoms. The monoisotopic (exact) mass is 376 g/mol. The molecule has 0 unspecified atom stereocenters. The molecular formula is C19H25BrN2O. The van der Waals surface area contributed by atoms with Gasteiger partial charge in [-0.1, -0.05) is 15.9 Å². The van der Waals surface area contributed by atoms with Crippen molar-refractivity contribution in [1.29, 1.82) is 0 Å². The summed E-state index contributed by atoms with van der Waals surface area (Å²) in [5.41, 5.74) is 1.09. The second kappa shape index (κ2) is 5.80. The zero-order valence-corrected chi connectivity index (χ0v) is 15.2. The Morgan fingerprint density at radius 1 is 1.09 bits per heavy atom. The molecule has 0 heterocycles. The summed E-state index contributed by atoms with van der Waals surface area (Å²) in [6.07, 6.45) is 7.83. The molecule has 23 heavy (non-hydrogen) atoms. The Morgan fingerprint density at radius 2 is 1.61 bits per heavy atom. The molecule has 4 aliphatic rings. The third-order valence-electron chi connectivity index (χ3n) is 6.05. The van der Waals surface area contributed by atoms with Crippen LogP contribution < -0.4 is 10.6 Å². The molecule has 124 valence electrons. The molecule has 1 amide bonds. The van der Waals surface area contributed by atoms with Gasteiger partial charge in [0.2, 0.25) is 5.91 Å². The van der Waals surface area contributed by atoms with Gasteiger partial charge in [-0.15, -0.1) is 0 Å². The van der Waals surface area contributed by atoms with Gasteiger partial charge < -0.3 is 10.6 Å². The Kier molecular flexibility index (Phi) is 3.91. The lowest BCUT2D eigenvalue weighted by Crippen LogP contribution is -2.61. The third-order valence-corrected chi connectivity index (χ3v) is 6.58. The lowest BCUT2D eigenvalue weighted by Gasteiger charge is -2.57. The first kappa shape index (κ1) is 15.5. The molecule has 0 saturated heterocycles. The highest BCUT2D eigenvalue weighted by molar-refractivity contribution is 9.10. The van der Waals surface area contributed by atoms with Crippen LogP contribution in [0.5, 0.6) is 0 Å². The van der Waals surface area contributed by atoms with Crippen LogP contribution in [0, 0.1) is 17.8 Å². The normalized spacial score (nSPS) is 35.8. The summed E-state index contributed by atoms with van der Waals surface area (Å²) in [6, 6.07) is 7.78. The van der Waals surface area contributed by atoms with Crippen molar-refractivity contribution in [3.05, 3.63) is 28.7 Å². The average molecular weight is 377 g/mol. The van der Waals surface area contributed by atoms with E-state index in [-0.39, 0.29) is 17.5 Å². The van der Waals surface area contributed by atoms with Crippen LogP contribution >= 0.6 is 15.9 Å². The maximum absolute atomic E-state index is 12.7. The second-order valence-electron chi connectivity index (χ2n) is 8.06. The van der Waals surface area contributed by atoms with E-state index in [2.05, 4.69) is 26.6 Å². The molecule has 0 radical (unpaired) electrons. The lowest BCUT2D eigenvalue weighted by atomic mass is 9.53. The maximum atomic E-state index is 12.7. The van der Waals surface area contributed by atoms with Gasteiger partial charge in [0.15, 0.2) is 0 Å². The molecule has 4 saturated carbocycles. The molecule has 4 aliphatic carbocycles. The molecule has 0 spiro atoms. The minimum absolute atomic E-state index is 0.0987. The average Bonchev–Trinajstić information content (AvgIpc) is 2.47. The zero-order valence-electron chi connectivity index (χ0n) is 13.6. The van der Waals surface area contributed by atoms with E-state index in [4.69, 9.17) is 0 Å². The summed E-state index contributed by atoms with van der Waals surface area (Å²) in [6.45, 7) is 1.96. The van der Waals surface area contributed by atoms with Crippen LogP contribution in [-0.4, -0.2) is 17.5 Å². The number of halogens is 1. The molecule has 3 nitrogen and oxygen atoms in total. The summed E-state index contributed by atoms with van der Waals surface area (Å²) >= 11 is 3.44. The Balaban J connectivity index is 1.40. The standard InChI is InChI=1S/C19H25BrN2O/c1-12(21-17-4-2-16(20)3-5-17)18(23)22-19-9-13-6-14(10-19)8-15(7-13)11-19/h2-5,12-15,21H,6-11H2,1H3,(H,22,23)/t12-,13?,14?,15?,19?/m1/s1. The molecule has 0 aliphatic heterocycles. The van der Waals surface area contributed by atoms with Crippen molar-refractivity contribution < 1.29 is 4.79 Å². The van der Waals surface area contributed by atoms with E-state index in [1.54, 1.807) is 0 Å². The fourth-order valence-corrected chi connectivity index (χ4v) is 5.76. The molecule has 5 rings (SSSR count). The van der Waals surface area contributed by atoms with Crippen molar-refractivity contribution in [2.75, 3.05) is 5.32 Å². The van der Waals surface area contributed by atoms with Gasteiger partial charge in [0, 0.05) is 15.7 Å². The van der Waals surface area contributed by atoms with Crippen molar-refractivity contribution in [2.24, 2.45) is 17.8 Å². The summed E-state index contributed by atoms with van der Waals surface area (Å²) < 4.78 is 1.05. The number of amides is 1. The van der Waals surface area contributed by atoms with Gasteiger partial charge in [-0.25, -0.2) is 0 Å². The molecule has 1 atom stereocenters. The van der Waals surface area contributed by atoms with Gasteiger partial charge in [-0.3, -0.25) is 4.79 Å². The van der Waals surface area contributed by atoms with Gasteiger partial charge in [0.25, 0.3) is 0 Å². The Labute approximate surface area is 146 Å². The first-order valence-electron chi connectivity index (χ1n) is 8.85. The minimum atomic E-state index is -0.204. The van der Waals surface area contributed by atoms with E-state index in [0.717, 1.165) is 27.9 Å². The maximum Gasteiger partial charge on any atom is 0.242 e. The summed E-state index contributed by atoms with van der Waals surface area (Å²) in [4.78, 5) is 12.7. The Morgan fingerprint density at radius 3 is 2.13 bits per heavy atom. The first-order valence-corrected chi connectivity index (χ1v) is 9.65. The van der Waals surface area contributed by atoms with Gasteiger partial charge in [0.05, 0.1) is 0 Å². The van der Waals surface area contributed by atoms with E-state index in [1.165, 1.54) is 38.5 Å². The van der Waals surface area contributed by atoms with Crippen molar-refractivity contribution in [1.82, 2.24) is 5.32 Å². The fraction of sp³-hybridized carbons (Fsp3) is 0.632. The zero-order chi connectivity index (χ0) is 16.0. The van der Waals surface area contributed by atoms with Gasteiger partial charge in [-0.05, 0) is 87.5 Å². The van der Waals surface area contributed by atoms with Crippen molar-refractivity contribution in [3.8, 4) is 0 Å². The van der Waals surface area contributed by atoms with Crippen LogP contribution in [0.15, 0.2) is 28.7 Å². The third kappa shape index (κ3) is 3.15. The smallest absolute Gasteiger partial charge is 0.242 e. The lowest BCUT2D eigenvalue weighted by molar-refractivity contribution is -0.127. The van der Waals surface area contributed by atoms with Crippen molar-refractivity contribution in [2.45, 2.75) is 57.0 Å². The minimum Gasteiger partial charge on any atom is -0.374 e. The second-order valence-corrected chi connectivity index (χ2v) is 8.98. The molecule has 1 aromatic rings. The largest absolute Gasteiger partial charge is 0.374 e. The molecule has 0 aromatic heterocycles. The molecular weight excluding hydrogens is 352 g/mol. The first-order chi connectivity index (χ1) is 11.0. The number of anilines is 1. The van der Waals surface area contributed by atoms with Crippen molar-refractivity contribution in [3.63, 3.8) is 0 Å². The van der Waals surface area contributed by atoms with Gasteiger partial charge in [-0.2, -0.15) is 0 Å². The fourth-order valence-electron chi connectivity index (χ4n) is 5.49. The number of rotatable bonds is 4. The number of hydrogen-bond acceptors (Lipinski definition) is 2. The van der Waals surface area contributed by atoms with Gasteiger partial charge >= 0.3 is 0 Å². The predicted molar refractivity (Wildman–Crippen MR) is 96.3 cm³/mol. The molecule has 4 bridgehead atoms. The highest BCUT2D eigenvalue weighted by Gasteiger charge is 2.51. The van der Waals surface area contributed by atoms with E-state index in [1.807, 2.05) is 31.2 Å². The number of hydrogen-bond donors (Lipinski definition) is 2. The van der Waals surface area contributed by atoms with Crippen LogP contribution in [0.2, 0.25) is 0 Å². The summed E-state index contributed by atoms with van der Waals surface area (Å²) in [5.74, 6) is 2.72. The topological polar surface area (TPSA) is 41.1 Å². The summed E-state index contributed by atoms with van der Waals surface area (Å²) in [5, 5.41) is 6.76. The highest BCUT2D eigenvalue weighted by Crippen LogP contribution is 2.55. The molecule has 2 N–H and O–H groups in total. The number of carbonyl (C=O) groups excluding carboxylic acids is 1. The molecule has 1 aromatic carbocycles. The highest BCUT2D eigenvalue weighted by atomic mass is 79.9. The number of nitrogens with one attached hydrogen (secondary N) is 2. The van der Waals surface area contributed by atoms with Gasteiger partial charge in [0.1, 0.15) is 6.04 Å². The van der Waals surface area contributed by atoms with E-state index < -0.39 is 0 Å². The van der Waals surface area contributed by atoms with Crippen LogP contribution in [0.1, 0.15) is 45.4 Å². The van der Waals surface area contributed by atoms with E-state index in [0.29, 0.717) is 0 Å². The van der Waals surface area contributed by atoms with Crippen molar-refractivity contribution >= 4 is 27.5 Å². The number of benzene rings is 1. The van der Waals surface area contributed by atoms with Crippen LogP contribution in [0.25, 0.3) is 0 Å². The van der Waals surface area contributed by atoms with E-state index in [9.17, 15) is 4.79 Å². The molecule has 4 fully saturated rings. The SMILES string of the molecule is C[C@@H](Nc1ccc(Br)cc1)C(=O)NC12CC3CC(CC(C3)C1)C2. The van der Waals surface area contributed by atoms with Crippen LogP contribution in [0.3, 0.4) is 0 Å². The predicted octanol–water partition coefficient (Wildman–Crippen LogP) is 4.33. The van der Waals surface area contributed by atoms with Crippen LogP contribution in [-0.2, 0) is 4.79 Å². The Hall–Kier alpha value is -1.03. The number of carbonyl (C=O) groups is 1. The summed E-state index contributed by atoms with van der Waals surface area (Å²) in [7, 11) is 0. The van der Waals surface area contributed by atoms with E-state index >= 15 is 0 Å². The Bertz CT molecular complexity index is 563. The quantitative estimate of drug-likeness (QED) is 0.820.